The number of hydrogen-bond acceptors (Lipinski definition) is 2. The predicted octanol–water partition coefficient (Wildman–Crippen LogP) is 4.20. The summed E-state index contributed by atoms with van der Waals surface area (Å²) in [6.07, 6.45) is 3.98. The van der Waals surface area contributed by atoms with Crippen LogP contribution in [0.4, 0.5) is 5.69 Å². The van der Waals surface area contributed by atoms with Gasteiger partial charge in [0.05, 0.1) is 5.71 Å². The summed E-state index contributed by atoms with van der Waals surface area (Å²) in [7, 11) is 0. The Bertz CT molecular complexity index is 818. The summed E-state index contributed by atoms with van der Waals surface area (Å²) in [5, 5.41) is 0. The molecule has 0 saturated heterocycles. The predicted molar refractivity (Wildman–Crippen MR) is 90.2 cm³/mol. The lowest BCUT2D eigenvalue weighted by Crippen LogP contribution is -2.35. The van der Waals surface area contributed by atoms with E-state index in [1.165, 1.54) is 16.8 Å². The van der Waals surface area contributed by atoms with Gasteiger partial charge in [-0.3, -0.25) is 4.99 Å². The minimum absolute atomic E-state index is 0.00259. The van der Waals surface area contributed by atoms with Crippen molar-refractivity contribution in [1.29, 1.82) is 0 Å². The second-order valence-electron chi connectivity index (χ2n) is 5.63. The number of anilines is 1. The molecule has 0 fully saturated rings. The van der Waals surface area contributed by atoms with Crippen molar-refractivity contribution in [2.45, 2.75) is 19.1 Å². The number of nitrogens with zero attached hydrogens (tertiary/aromatic N) is 2. The fraction of sp³-hybridized carbons (Fsp3) is 0.150. The molecule has 22 heavy (non-hydrogen) atoms. The van der Waals surface area contributed by atoms with Gasteiger partial charge in [-0.15, -0.1) is 0 Å². The molecule has 0 spiro atoms. The topological polar surface area (TPSA) is 15.6 Å². The number of aliphatic imine (C=N–C) groups is 1. The van der Waals surface area contributed by atoms with E-state index in [1.807, 2.05) is 18.2 Å². The van der Waals surface area contributed by atoms with Gasteiger partial charge in [0.25, 0.3) is 0 Å². The summed E-state index contributed by atoms with van der Waals surface area (Å²) < 4.78 is 0. The van der Waals surface area contributed by atoms with Crippen LogP contribution in [0.5, 0.6) is 0 Å². The highest BCUT2D eigenvalue weighted by Crippen LogP contribution is 2.36. The molecule has 2 heteroatoms. The number of rotatable bonds is 2. The number of hydrogen-bond donors (Lipinski definition) is 0. The summed E-state index contributed by atoms with van der Waals surface area (Å²) in [4.78, 5) is 7.26. The van der Waals surface area contributed by atoms with Crippen molar-refractivity contribution in [2.75, 3.05) is 4.90 Å². The van der Waals surface area contributed by atoms with Crippen molar-refractivity contribution < 1.29 is 0 Å². The quantitative estimate of drug-likeness (QED) is 0.754. The van der Waals surface area contributed by atoms with Crippen molar-refractivity contribution in [3.05, 3.63) is 89.3 Å². The third kappa shape index (κ3) is 2.12. The third-order valence-electron chi connectivity index (χ3n) is 4.11. The number of aryl methyl sites for hydroxylation is 1. The Kier molecular flexibility index (Phi) is 3.05. The second kappa shape index (κ2) is 5.20. The molecule has 1 heterocycles. The molecule has 2 aliphatic rings. The van der Waals surface area contributed by atoms with Gasteiger partial charge in [0.2, 0.25) is 0 Å². The van der Waals surface area contributed by atoms with Gasteiger partial charge in [0.1, 0.15) is 12.2 Å². The molecule has 2 nitrogen and oxygen atoms in total. The Morgan fingerprint density at radius 2 is 1.73 bits per heavy atom. The molecular formula is C20H16N2. The van der Waals surface area contributed by atoms with Gasteiger partial charge in [0, 0.05) is 11.8 Å². The van der Waals surface area contributed by atoms with Crippen molar-refractivity contribution in [1.82, 2.24) is 0 Å². The van der Waals surface area contributed by atoms with Crippen molar-refractivity contribution in [3.63, 3.8) is 0 Å². The molecule has 0 amide bonds. The average molecular weight is 284 g/mol. The van der Waals surface area contributed by atoms with E-state index in [2.05, 4.69) is 71.8 Å². The molecule has 0 bridgehead atoms. The highest BCUT2D eigenvalue weighted by molar-refractivity contribution is 6.05. The summed E-state index contributed by atoms with van der Waals surface area (Å²) in [6.45, 7) is 2.11. The minimum Gasteiger partial charge on any atom is -0.333 e. The average Bonchev–Trinajstić information content (AvgIpc) is 2.96. The Hall–Kier alpha value is -2.79. The summed E-state index contributed by atoms with van der Waals surface area (Å²) >= 11 is 0. The van der Waals surface area contributed by atoms with E-state index in [0.29, 0.717) is 0 Å². The largest absolute Gasteiger partial charge is 0.333 e. The molecule has 0 saturated carbocycles. The number of benzene rings is 2. The fourth-order valence-electron chi connectivity index (χ4n) is 2.98. The first-order valence-electron chi connectivity index (χ1n) is 7.48. The van der Waals surface area contributed by atoms with Gasteiger partial charge in [-0.2, -0.15) is 0 Å². The molecule has 4 rings (SSSR count). The number of fused-ring (bicyclic) bond motifs is 1. The van der Waals surface area contributed by atoms with E-state index in [4.69, 9.17) is 4.99 Å². The highest BCUT2D eigenvalue weighted by Gasteiger charge is 2.35. The van der Waals surface area contributed by atoms with Crippen LogP contribution in [0.1, 0.15) is 17.3 Å². The Balaban J connectivity index is 1.81. The lowest BCUT2D eigenvalue weighted by Gasteiger charge is -2.30. The first-order chi connectivity index (χ1) is 10.8. The van der Waals surface area contributed by atoms with Crippen LogP contribution < -0.4 is 4.90 Å². The van der Waals surface area contributed by atoms with Crippen LogP contribution in [0.3, 0.4) is 0 Å². The Morgan fingerprint density at radius 1 is 0.955 bits per heavy atom. The molecule has 1 aliphatic heterocycles. The maximum atomic E-state index is 4.92. The van der Waals surface area contributed by atoms with Crippen LogP contribution in [0.2, 0.25) is 0 Å². The Labute approximate surface area is 130 Å². The molecule has 0 radical (unpaired) electrons. The molecule has 1 aliphatic carbocycles. The smallest absolute Gasteiger partial charge is 0.148 e. The van der Waals surface area contributed by atoms with Crippen molar-refractivity contribution in [2.24, 2.45) is 4.99 Å². The van der Waals surface area contributed by atoms with Crippen LogP contribution in [0.25, 0.3) is 0 Å². The van der Waals surface area contributed by atoms with Crippen LogP contribution in [-0.2, 0) is 0 Å². The molecule has 2 aromatic carbocycles. The zero-order valence-electron chi connectivity index (χ0n) is 12.4. The molecule has 2 unspecified atom stereocenters. The zero-order valence-corrected chi connectivity index (χ0v) is 12.4. The van der Waals surface area contributed by atoms with E-state index in [1.54, 1.807) is 0 Å². The summed E-state index contributed by atoms with van der Waals surface area (Å²) in [6, 6.07) is 19.2. The highest BCUT2D eigenvalue weighted by atomic mass is 15.3. The Morgan fingerprint density at radius 3 is 2.50 bits per heavy atom. The van der Waals surface area contributed by atoms with Gasteiger partial charge in [-0.25, -0.2) is 0 Å². The van der Waals surface area contributed by atoms with Crippen LogP contribution in [0.15, 0.2) is 83.2 Å². The van der Waals surface area contributed by atoms with Crippen molar-refractivity contribution >= 4 is 11.4 Å². The standard InChI is InChI=1S/C20H16N2/c1-15-11-13-16(14-12-15)20-21-18-9-5-6-10-19(18)22(20)17-7-3-2-4-8-17/h2-4,7-14,19-20H,1H3. The monoisotopic (exact) mass is 284 g/mol. The molecule has 106 valence electrons. The normalized spacial score (nSPS) is 21.9. The van der Waals surface area contributed by atoms with E-state index < -0.39 is 0 Å². The lowest BCUT2D eigenvalue weighted by atomic mass is 10.1. The van der Waals surface area contributed by atoms with Gasteiger partial charge in [-0.1, -0.05) is 59.5 Å². The zero-order chi connectivity index (χ0) is 14.9. The summed E-state index contributed by atoms with van der Waals surface area (Å²) in [5.74, 6) is 0. The van der Waals surface area contributed by atoms with E-state index in [0.717, 1.165) is 5.71 Å². The van der Waals surface area contributed by atoms with Crippen LogP contribution >= 0.6 is 0 Å². The van der Waals surface area contributed by atoms with Gasteiger partial charge >= 0.3 is 0 Å². The first-order valence-corrected chi connectivity index (χ1v) is 7.48. The third-order valence-corrected chi connectivity index (χ3v) is 4.11. The molecule has 0 aromatic heterocycles. The SMILES string of the molecule is Cc1ccc(C2N=C3C=C=C=CC3N2c2ccccc2)cc1. The fourth-order valence-corrected chi connectivity index (χ4v) is 2.98. The maximum Gasteiger partial charge on any atom is 0.148 e. The first kappa shape index (κ1) is 12.9. The van der Waals surface area contributed by atoms with Crippen molar-refractivity contribution in [3.8, 4) is 0 Å². The van der Waals surface area contributed by atoms with Crippen LogP contribution in [0, 0.1) is 6.92 Å². The van der Waals surface area contributed by atoms with E-state index in [-0.39, 0.29) is 12.2 Å². The maximum absolute atomic E-state index is 4.92. The van der Waals surface area contributed by atoms with E-state index >= 15 is 0 Å². The second-order valence-corrected chi connectivity index (χ2v) is 5.63. The minimum atomic E-state index is -0.00259. The van der Waals surface area contributed by atoms with Gasteiger partial charge in [0.15, 0.2) is 0 Å². The van der Waals surface area contributed by atoms with E-state index in [9.17, 15) is 0 Å². The van der Waals surface area contributed by atoms with Gasteiger partial charge < -0.3 is 4.90 Å². The summed E-state index contributed by atoms with van der Waals surface area (Å²) in [5.41, 5.74) is 10.8. The van der Waals surface area contributed by atoms with Crippen LogP contribution in [-0.4, -0.2) is 11.8 Å². The molecule has 2 atom stereocenters. The van der Waals surface area contributed by atoms with Gasteiger partial charge in [-0.05, 0) is 30.7 Å². The molecular weight excluding hydrogens is 268 g/mol. The number of para-hydroxylation sites is 1. The molecule has 2 aromatic rings. The lowest BCUT2D eigenvalue weighted by molar-refractivity contribution is 0.696. The molecule has 0 N–H and O–H groups in total.